The first kappa shape index (κ1) is 21.2. The van der Waals surface area contributed by atoms with Crippen LogP contribution in [0.2, 0.25) is 0 Å². The fraction of sp³-hybridized carbons (Fsp3) is 0.667. The van der Waals surface area contributed by atoms with E-state index in [2.05, 4.69) is 4.98 Å². The number of anilines is 1. The van der Waals surface area contributed by atoms with Crippen LogP contribution >= 0.6 is 36.2 Å². The Kier molecular flexibility index (Phi) is 8.42. The van der Waals surface area contributed by atoms with Gasteiger partial charge in [0.2, 0.25) is 11.8 Å². The Bertz CT molecular complexity index is 569. The minimum Gasteiger partial charge on any atom is -0.338 e. The number of hydrogen-bond acceptors (Lipinski definition) is 5. The molecule has 2 aliphatic rings. The maximum absolute atomic E-state index is 12.5. The molecule has 1 unspecified atom stereocenters. The van der Waals surface area contributed by atoms with Crippen LogP contribution < -0.4 is 10.6 Å². The van der Waals surface area contributed by atoms with Gasteiger partial charge in [0, 0.05) is 37.5 Å². The van der Waals surface area contributed by atoms with Gasteiger partial charge in [0.05, 0.1) is 12.1 Å². The van der Waals surface area contributed by atoms with Crippen molar-refractivity contribution in [1.29, 1.82) is 0 Å². The second-order valence-electron chi connectivity index (χ2n) is 5.92. The topological polar surface area (TPSA) is 79.5 Å². The van der Waals surface area contributed by atoms with Crippen molar-refractivity contribution in [3.8, 4) is 0 Å². The SMILES string of the molecule is Cl.Cl.NCC1CCCCN1C(=O)Cc1csc(N2CCCC2=O)n1. The third-order valence-corrected chi connectivity index (χ3v) is 5.31. The van der Waals surface area contributed by atoms with Crippen LogP contribution in [0, 0.1) is 0 Å². The molecule has 2 aliphatic heterocycles. The second-order valence-corrected chi connectivity index (χ2v) is 6.76. The van der Waals surface area contributed by atoms with Gasteiger partial charge in [0.1, 0.15) is 0 Å². The number of nitrogens with zero attached hydrogens (tertiary/aromatic N) is 3. The smallest absolute Gasteiger partial charge is 0.228 e. The number of hydrogen-bond donors (Lipinski definition) is 1. The van der Waals surface area contributed by atoms with Gasteiger partial charge in [-0.2, -0.15) is 0 Å². The summed E-state index contributed by atoms with van der Waals surface area (Å²) in [6.07, 6.45) is 4.97. The number of piperidine rings is 1. The highest BCUT2D eigenvalue weighted by atomic mass is 35.5. The fourth-order valence-electron chi connectivity index (χ4n) is 3.18. The summed E-state index contributed by atoms with van der Waals surface area (Å²) >= 11 is 1.44. The van der Waals surface area contributed by atoms with E-state index in [1.165, 1.54) is 11.3 Å². The number of halogens is 2. The van der Waals surface area contributed by atoms with Crippen LogP contribution in [0.5, 0.6) is 0 Å². The normalized spacial score (nSPS) is 20.5. The van der Waals surface area contributed by atoms with Gasteiger partial charge >= 0.3 is 0 Å². The van der Waals surface area contributed by atoms with Crippen LogP contribution in [0.25, 0.3) is 0 Å². The van der Waals surface area contributed by atoms with Crippen molar-refractivity contribution < 1.29 is 9.59 Å². The first-order valence-electron chi connectivity index (χ1n) is 7.93. The molecular weight excluding hydrogens is 371 g/mol. The van der Waals surface area contributed by atoms with E-state index in [0.717, 1.165) is 49.6 Å². The number of carbonyl (C=O) groups excluding carboxylic acids is 2. The zero-order valence-electron chi connectivity index (χ0n) is 13.5. The van der Waals surface area contributed by atoms with Gasteiger partial charge in [-0.05, 0) is 25.7 Å². The molecule has 3 rings (SSSR count). The number of carbonyl (C=O) groups is 2. The Morgan fingerprint density at radius 2 is 2.08 bits per heavy atom. The summed E-state index contributed by atoms with van der Waals surface area (Å²) in [5.74, 6) is 0.228. The standard InChI is InChI=1S/C15H22N4O2S.2ClH/c16-9-12-4-1-2-6-18(12)14(21)8-11-10-22-15(17-11)19-7-3-5-13(19)20;;/h10,12H,1-9,16H2;2*1H. The Morgan fingerprint density at radius 1 is 1.29 bits per heavy atom. The van der Waals surface area contributed by atoms with E-state index in [9.17, 15) is 9.59 Å². The molecule has 3 heterocycles. The van der Waals surface area contributed by atoms with Crippen LogP contribution in [0.15, 0.2) is 5.38 Å². The summed E-state index contributed by atoms with van der Waals surface area (Å²) in [6, 6.07) is 0.166. The molecule has 0 bridgehead atoms. The lowest BCUT2D eigenvalue weighted by molar-refractivity contribution is -0.133. The summed E-state index contributed by atoms with van der Waals surface area (Å²) in [7, 11) is 0. The third-order valence-electron chi connectivity index (χ3n) is 4.40. The van der Waals surface area contributed by atoms with Gasteiger partial charge < -0.3 is 10.6 Å². The van der Waals surface area contributed by atoms with E-state index >= 15 is 0 Å². The zero-order chi connectivity index (χ0) is 15.5. The van der Waals surface area contributed by atoms with Crippen LogP contribution in [-0.2, 0) is 16.0 Å². The molecule has 1 atom stereocenters. The van der Waals surface area contributed by atoms with E-state index in [1.807, 2.05) is 10.3 Å². The van der Waals surface area contributed by atoms with Crippen molar-refractivity contribution in [2.24, 2.45) is 5.73 Å². The summed E-state index contributed by atoms with van der Waals surface area (Å²) in [6.45, 7) is 2.06. The van der Waals surface area contributed by atoms with E-state index in [4.69, 9.17) is 5.73 Å². The average molecular weight is 395 g/mol. The molecule has 2 N–H and O–H groups in total. The minimum absolute atomic E-state index is 0. The molecule has 136 valence electrons. The summed E-state index contributed by atoms with van der Waals surface area (Å²) in [4.78, 5) is 32.3. The van der Waals surface area contributed by atoms with Crippen molar-refractivity contribution in [1.82, 2.24) is 9.88 Å². The maximum Gasteiger partial charge on any atom is 0.228 e. The number of aromatic nitrogens is 1. The fourth-order valence-corrected chi connectivity index (χ4v) is 4.05. The molecule has 2 saturated heterocycles. The van der Waals surface area contributed by atoms with Gasteiger partial charge in [-0.1, -0.05) is 0 Å². The van der Waals surface area contributed by atoms with Crippen LogP contribution in [0.3, 0.4) is 0 Å². The molecule has 2 fully saturated rings. The lowest BCUT2D eigenvalue weighted by Gasteiger charge is -2.35. The van der Waals surface area contributed by atoms with Crippen molar-refractivity contribution >= 4 is 53.1 Å². The molecule has 0 radical (unpaired) electrons. The van der Waals surface area contributed by atoms with Crippen molar-refractivity contribution in [3.05, 3.63) is 11.1 Å². The monoisotopic (exact) mass is 394 g/mol. The molecular formula is C15H24Cl2N4O2S. The quantitative estimate of drug-likeness (QED) is 0.846. The highest BCUT2D eigenvalue weighted by Crippen LogP contribution is 2.26. The number of likely N-dealkylation sites (tertiary alicyclic amines) is 1. The number of thiazole rings is 1. The molecule has 24 heavy (non-hydrogen) atoms. The molecule has 6 nitrogen and oxygen atoms in total. The molecule has 0 saturated carbocycles. The molecule has 9 heteroatoms. The van der Waals surface area contributed by atoms with E-state index in [-0.39, 0.29) is 42.7 Å². The van der Waals surface area contributed by atoms with E-state index in [1.54, 1.807) is 4.90 Å². The first-order chi connectivity index (χ1) is 10.7. The minimum atomic E-state index is 0. The van der Waals surface area contributed by atoms with Gasteiger partial charge in [-0.15, -0.1) is 36.2 Å². The number of nitrogens with two attached hydrogens (primary N) is 1. The van der Waals surface area contributed by atoms with Gasteiger partial charge in [0.25, 0.3) is 0 Å². The Morgan fingerprint density at radius 3 is 2.75 bits per heavy atom. The first-order valence-corrected chi connectivity index (χ1v) is 8.81. The summed E-state index contributed by atoms with van der Waals surface area (Å²) in [5.41, 5.74) is 6.53. The molecule has 1 aromatic rings. The van der Waals surface area contributed by atoms with Gasteiger partial charge in [0.15, 0.2) is 5.13 Å². The zero-order valence-corrected chi connectivity index (χ0v) is 15.9. The number of rotatable bonds is 4. The van der Waals surface area contributed by atoms with Crippen LogP contribution in [-0.4, -0.2) is 47.4 Å². The van der Waals surface area contributed by atoms with Crippen LogP contribution in [0.1, 0.15) is 37.8 Å². The largest absolute Gasteiger partial charge is 0.338 e. The lowest BCUT2D eigenvalue weighted by atomic mass is 10.0. The molecule has 2 amide bonds. The highest BCUT2D eigenvalue weighted by molar-refractivity contribution is 7.14. The van der Waals surface area contributed by atoms with Crippen molar-refractivity contribution in [2.75, 3.05) is 24.5 Å². The number of amides is 2. The van der Waals surface area contributed by atoms with E-state index < -0.39 is 0 Å². The Labute approximate surface area is 158 Å². The second kappa shape index (κ2) is 9.56. The molecule has 1 aromatic heterocycles. The van der Waals surface area contributed by atoms with Gasteiger partial charge in [-0.25, -0.2) is 4.98 Å². The summed E-state index contributed by atoms with van der Waals surface area (Å²) < 4.78 is 0. The Balaban J connectivity index is 0.00000144. The molecule has 0 spiro atoms. The maximum atomic E-state index is 12.5. The van der Waals surface area contributed by atoms with Crippen molar-refractivity contribution in [3.63, 3.8) is 0 Å². The van der Waals surface area contributed by atoms with Crippen molar-refractivity contribution in [2.45, 2.75) is 44.6 Å². The highest BCUT2D eigenvalue weighted by Gasteiger charge is 2.27. The summed E-state index contributed by atoms with van der Waals surface area (Å²) in [5, 5.41) is 2.61. The average Bonchev–Trinajstić information content (AvgIpc) is 3.15. The predicted octanol–water partition coefficient (Wildman–Crippen LogP) is 2.00. The van der Waals surface area contributed by atoms with Crippen LogP contribution in [0.4, 0.5) is 5.13 Å². The van der Waals surface area contributed by atoms with E-state index in [0.29, 0.717) is 19.4 Å². The Hall–Kier alpha value is -0.890. The third kappa shape index (κ3) is 4.59. The predicted molar refractivity (Wildman–Crippen MR) is 100 cm³/mol. The molecule has 0 aromatic carbocycles. The molecule has 0 aliphatic carbocycles. The van der Waals surface area contributed by atoms with Gasteiger partial charge in [-0.3, -0.25) is 14.5 Å². The lowest BCUT2D eigenvalue weighted by Crippen LogP contribution is -2.48.